The van der Waals surface area contributed by atoms with Crippen LogP contribution in [0.1, 0.15) is 38.5 Å². The zero-order chi connectivity index (χ0) is 19.2. The number of hydrogen-bond donors (Lipinski definition) is 1. The summed E-state index contributed by atoms with van der Waals surface area (Å²) in [6.07, 6.45) is 10.8. The normalized spacial score (nSPS) is 15.0. The van der Waals surface area contributed by atoms with Crippen LogP contribution in [0.5, 0.6) is 5.75 Å². The minimum absolute atomic E-state index is 0.190. The number of carbonyl (C=O) groups excluding carboxylic acids is 1. The van der Waals surface area contributed by atoms with Gasteiger partial charge in [0, 0.05) is 11.6 Å². The number of rotatable bonds is 4. The molecule has 8 nitrogen and oxygen atoms in total. The van der Waals surface area contributed by atoms with Crippen LogP contribution in [0, 0.1) is 0 Å². The van der Waals surface area contributed by atoms with E-state index in [0.717, 1.165) is 31.2 Å². The van der Waals surface area contributed by atoms with Gasteiger partial charge in [0.1, 0.15) is 11.4 Å². The van der Waals surface area contributed by atoms with E-state index in [1.165, 1.54) is 19.2 Å². The first-order valence-electron chi connectivity index (χ1n) is 9.45. The Bertz CT molecular complexity index is 921. The van der Waals surface area contributed by atoms with Crippen LogP contribution in [0.4, 0.5) is 4.79 Å². The Morgan fingerprint density at radius 3 is 2.71 bits per heavy atom. The summed E-state index contributed by atoms with van der Waals surface area (Å²) >= 11 is 0. The second-order valence-corrected chi connectivity index (χ2v) is 6.78. The molecule has 2 aromatic heterocycles. The lowest BCUT2D eigenvalue weighted by Gasteiger charge is -2.16. The number of carbonyl (C=O) groups is 1. The molecule has 1 aromatic carbocycles. The zero-order valence-corrected chi connectivity index (χ0v) is 15.4. The minimum atomic E-state index is -0.422. The van der Waals surface area contributed by atoms with Gasteiger partial charge in [0.2, 0.25) is 6.39 Å². The predicted molar refractivity (Wildman–Crippen MR) is 101 cm³/mol. The molecule has 1 fully saturated rings. The molecule has 8 heteroatoms. The molecule has 144 valence electrons. The van der Waals surface area contributed by atoms with Gasteiger partial charge >= 0.3 is 6.09 Å². The molecule has 3 aromatic rings. The molecular weight excluding hydrogens is 358 g/mol. The molecule has 0 radical (unpaired) electrons. The van der Waals surface area contributed by atoms with E-state index in [-0.39, 0.29) is 6.04 Å². The van der Waals surface area contributed by atoms with Crippen LogP contribution in [-0.4, -0.2) is 32.3 Å². The number of benzene rings is 1. The molecule has 1 N–H and O–H groups in total. The van der Waals surface area contributed by atoms with Crippen molar-refractivity contribution >= 4 is 6.09 Å². The monoisotopic (exact) mass is 379 g/mol. The number of nitrogens with zero attached hydrogens (tertiary/aromatic N) is 4. The molecule has 1 aliphatic carbocycles. The first-order chi connectivity index (χ1) is 13.8. The van der Waals surface area contributed by atoms with E-state index in [9.17, 15) is 4.79 Å². The molecule has 4 rings (SSSR count). The smallest absolute Gasteiger partial charge is 0.412 e. The molecule has 0 spiro atoms. The van der Waals surface area contributed by atoms with Crippen molar-refractivity contribution in [1.82, 2.24) is 25.5 Å². The second-order valence-electron chi connectivity index (χ2n) is 6.78. The fraction of sp³-hybridized carbons (Fsp3) is 0.350. The summed E-state index contributed by atoms with van der Waals surface area (Å²) in [6.45, 7) is 0. The molecule has 28 heavy (non-hydrogen) atoms. The third-order valence-corrected chi connectivity index (χ3v) is 4.73. The van der Waals surface area contributed by atoms with E-state index in [1.54, 1.807) is 24.5 Å². The Kier molecular flexibility index (Phi) is 5.56. The predicted octanol–water partition coefficient (Wildman–Crippen LogP) is 4.00. The highest BCUT2D eigenvalue weighted by Crippen LogP contribution is 2.24. The fourth-order valence-electron chi connectivity index (χ4n) is 3.34. The van der Waals surface area contributed by atoms with E-state index in [4.69, 9.17) is 9.15 Å². The summed E-state index contributed by atoms with van der Waals surface area (Å²) in [7, 11) is 0. The van der Waals surface area contributed by atoms with Gasteiger partial charge in [-0.25, -0.2) is 9.78 Å². The average molecular weight is 379 g/mol. The van der Waals surface area contributed by atoms with Crippen LogP contribution in [0.2, 0.25) is 0 Å². The topological polar surface area (TPSA) is 103 Å². The highest BCUT2D eigenvalue weighted by atomic mass is 16.6. The van der Waals surface area contributed by atoms with Crippen LogP contribution in [0.3, 0.4) is 0 Å². The van der Waals surface area contributed by atoms with Crippen molar-refractivity contribution in [2.75, 3.05) is 0 Å². The highest BCUT2D eigenvalue weighted by molar-refractivity contribution is 5.72. The molecular formula is C20H21N5O3. The second kappa shape index (κ2) is 8.60. The van der Waals surface area contributed by atoms with Gasteiger partial charge in [-0.3, -0.25) is 4.98 Å². The third kappa shape index (κ3) is 4.51. The Hall–Kier alpha value is -3.29. The van der Waals surface area contributed by atoms with Crippen molar-refractivity contribution in [3.05, 3.63) is 43.1 Å². The Balaban J connectivity index is 1.46. The molecule has 0 bridgehead atoms. The van der Waals surface area contributed by atoms with Crippen molar-refractivity contribution in [2.24, 2.45) is 0 Å². The standard InChI is InChI=1S/C20H21N5O3/c26-20(23-15-7-3-1-2-4-8-15)28-16-9-5-6-14(10-16)17-11-21-12-18(24-17)19-25-22-13-27-19/h5-6,9-13,15H,1-4,7-8H2,(H,23,26). The van der Waals surface area contributed by atoms with Crippen molar-refractivity contribution in [3.63, 3.8) is 0 Å². The number of aromatic nitrogens is 4. The lowest BCUT2D eigenvalue weighted by atomic mass is 10.1. The molecule has 2 heterocycles. The van der Waals surface area contributed by atoms with E-state index in [1.807, 2.05) is 12.1 Å². The fourth-order valence-corrected chi connectivity index (χ4v) is 3.34. The number of hydrogen-bond acceptors (Lipinski definition) is 7. The lowest BCUT2D eigenvalue weighted by molar-refractivity contribution is 0.194. The molecule has 0 aliphatic heterocycles. The first kappa shape index (κ1) is 18.1. The van der Waals surface area contributed by atoms with Gasteiger partial charge in [0.15, 0.2) is 0 Å². The van der Waals surface area contributed by atoms with Crippen LogP contribution in [-0.2, 0) is 0 Å². The maximum absolute atomic E-state index is 12.3. The van der Waals surface area contributed by atoms with E-state index in [2.05, 4.69) is 25.5 Å². The van der Waals surface area contributed by atoms with Crippen LogP contribution in [0.25, 0.3) is 22.8 Å². The van der Waals surface area contributed by atoms with E-state index in [0.29, 0.717) is 23.0 Å². The molecule has 1 saturated carbocycles. The summed E-state index contributed by atoms with van der Waals surface area (Å²) in [4.78, 5) is 20.9. The van der Waals surface area contributed by atoms with Gasteiger partial charge in [-0.1, -0.05) is 37.8 Å². The van der Waals surface area contributed by atoms with Gasteiger partial charge in [0.25, 0.3) is 5.89 Å². The largest absolute Gasteiger partial charge is 0.422 e. The zero-order valence-electron chi connectivity index (χ0n) is 15.4. The Labute approximate surface area is 162 Å². The van der Waals surface area contributed by atoms with Crippen molar-refractivity contribution in [1.29, 1.82) is 0 Å². The highest BCUT2D eigenvalue weighted by Gasteiger charge is 2.16. The van der Waals surface area contributed by atoms with Crippen LogP contribution in [0.15, 0.2) is 47.5 Å². The summed E-state index contributed by atoms with van der Waals surface area (Å²) in [5.74, 6) is 0.748. The third-order valence-electron chi connectivity index (χ3n) is 4.73. The molecule has 0 unspecified atom stereocenters. The summed E-state index contributed by atoms with van der Waals surface area (Å²) in [5, 5.41) is 10.5. The summed E-state index contributed by atoms with van der Waals surface area (Å²) in [5.41, 5.74) is 1.87. The number of nitrogens with one attached hydrogen (secondary N) is 1. The maximum Gasteiger partial charge on any atom is 0.412 e. The first-order valence-corrected chi connectivity index (χ1v) is 9.45. The molecule has 1 amide bonds. The Morgan fingerprint density at radius 1 is 1.11 bits per heavy atom. The average Bonchev–Trinajstić information content (AvgIpc) is 3.14. The van der Waals surface area contributed by atoms with Gasteiger partial charge in [-0.05, 0) is 25.0 Å². The van der Waals surface area contributed by atoms with Gasteiger partial charge < -0.3 is 14.5 Å². The minimum Gasteiger partial charge on any atom is -0.422 e. The van der Waals surface area contributed by atoms with Gasteiger partial charge in [0.05, 0.1) is 18.1 Å². The lowest BCUT2D eigenvalue weighted by Crippen LogP contribution is -2.36. The van der Waals surface area contributed by atoms with Crippen LogP contribution >= 0.6 is 0 Å². The van der Waals surface area contributed by atoms with E-state index < -0.39 is 6.09 Å². The summed E-state index contributed by atoms with van der Waals surface area (Å²) < 4.78 is 10.6. The van der Waals surface area contributed by atoms with Crippen molar-refractivity contribution < 1.29 is 13.9 Å². The van der Waals surface area contributed by atoms with Crippen molar-refractivity contribution in [3.8, 4) is 28.6 Å². The maximum atomic E-state index is 12.3. The van der Waals surface area contributed by atoms with E-state index >= 15 is 0 Å². The molecule has 0 saturated heterocycles. The number of ether oxygens (including phenoxy) is 1. The SMILES string of the molecule is O=C(NC1CCCCCC1)Oc1cccc(-c2cncc(-c3nnco3)n2)c1. The quantitative estimate of drug-likeness (QED) is 0.683. The number of amides is 1. The summed E-state index contributed by atoms with van der Waals surface area (Å²) in [6, 6.07) is 7.37. The van der Waals surface area contributed by atoms with Crippen molar-refractivity contribution in [2.45, 2.75) is 44.6 Å². The van der Waals surface area contributed by atoms with Gasteiger partial charge in [-0.2, -0.15) is 0 Å². The van der Waals surface area contributed by atoms with Gasteiger partial charge in [-0.15, -0.1) is 10.2 Å². The molecule has 0 atom stereocenters. The Morgan fingerprint density at radius 2 is 1.93 bits per heavy atom. The molecule has 1 aliphatic rings. The van der Waals surface area contributed by atoms with Crippen LogP contribution < -0.4 is 10.1 Å².